The number of fused-ring (bicyclic) bond motifs is 3. The summed E-state index contributed by atoms with van der Waals surface area (Å²) in [4.78, 5) is 27.6. The van der Waals surface area contributed by atoms with Crippen molar-refractivity contribution in [2.24, 2.45) is 0 Å². The Morgan fingerprint density at radius 1 is 1.23 bits per heavy atom. The monoisotopic (exact) mass is 423 g/mol. The second-order valence-electron chi connectivity index (χ2n) is 6.99. The highest BCUT2D eigenvalue weighted by Crippen LogP contribution is 2.28. The van der Waals surface area contributed by atoms with Crippen LogP contribution in [-0.4, -0.2) is 25.4 Å². The van der Waals surface area contributed by atoms with E-state index in [2.05, 4.69) is 10.4 Å². The molecule has 0 bridgehead atoms. The van der Waals surface area contributed by atoms with E-state index in [0.717, 1.165) is 33.5 Å². The summed E-state index contributed by atoms with van der Waals surface area (Å²) in [6.07, 6.45) is 0.671. The van der Waals surface area contributed by atoms with Gasteiger partial charge in [-0.15, -0.1) is 0 Å². The van der Waals surface area contributed by atoms with Crippen molar-refractivity contribution < 1.29 is 9.72 Å². The Labute approximate surface area is 176 Å². The molecule has 0 saturated carbocycles. The van der Waals surface area contributed by atoms with Crippen LogP contribution in [0, 0.1) is 24.0 Å². The zero-order chi connectivity index (χ0) is 21.4. The highest BCUT2D eigenvalue weighted by Gasteiger charge is 2.16. The first-order valence-electron chi connectivity index (χ1n) is 9.32. The fraction of sp³-hybridized carbons (Fsp3) is 0.190. The largest absolute Gasteiger partial charge is 0.326 e. The Morgan fingerprint density at radius 3 is 2.77 bits per heavy atom. The number of carbonyl (C=O) groups excluding carboxylic acids is 1. The van der Waals surface area contributed by atoms with Gasteiger partial charge in [-0.3, -0.25) is 14.9 Å². The molecule has 1 N–H and O–H groups in total. The normalized spacial score (nSPS) is 11.2. The molecule has 30 heavy (non-hydrogen) atoms. The Hall–Kier alpha value is -3.52. The molecule has 0 radical (unpaired) electrons. The predicted molar refractivity (Wildman–Crippen MR) is 115 cm³/mol. The number of carbonyl (C=O) groups is 1. The van der Waals surface area contributed by atoms with Gasteiger partial charge >= 0.3 is 0 Å². The molecule has 152 valence electrons. The van der Waals surface area contributed by atoms with Gasteiger partial charge in [0.1, 0.15) is 5.02 Å². The molecule has 0 atom stereocenters. The van der Waals surface area contributed by atoms with Gasteiger partial charge in [-0.2, -0.15) is 5.10 Å². The maximum atomic E-state index is 12.4. The van der Waals surface area contributed by atoms with E-state index in [1.807, 2.05) is 42.6 Å². The summed E-state index contributed by atoms with van der Waals surface area (Å²) >= 11 is 5.81. The van der Waals surface area contributed by atoms with Gasteiger partial charge in [-0.05, 0) is 50.1 Å². The first kappa shape index (κ1) is 19.8. The van der Waals surface area contributed by atoms with E-state index in [1.165, 1.54) is 18.2 Å². The van der Waals surface area contributed by atoms with Crippen LogP contribution >= 0.6 is 11.6 Å². The molecule has 0 fully saturated rings. The Bertz CT molecular complexity index is 1320. The Kier molecular flexibility index (Phi) is 5.09. The van der Waals surface area contributed by atoms with Gasteiger partial charge in [0.2, 0.25) is 5.91 Å². The average molecular weight is 424 g/mol. The van der Waals surface area contributed by atoms with Crippen LogP contribution in [0.2, 0.25) is 5.02 Å². The number of amides is 1. The maximum absolute atomic E-state index is 12.4. The number of nitro benzene ring substituents is 1. The van der Waals surface area contributed by atoms with Crippen molar-refractivity contribution in [2.75, 3.05) is 5.32 Å². The van der Waals surface area contributed by atoms with E-state index in [-0.39, 0.29) is 23.0 Å². The molecule has 4 aromatic rings. The smallest absolute Gasteiger partial charge is 0.289 e. The molecule has 0 saturated heterocycles. The molecule has 8 nitrogen and oxygen atoms in total. The summed E-state index contributed by atoms with van der Waals surface area (Å²) in [5.41, 5.74) is 4.48. The number of anilines is 1. The number of halogens is 1. The third-order valence-corrected chi connectivity index (χ3v) is 5.37. The number of aryl methyl sites for hydroxylation is 2. The number of benzene rings is 2. The molecule has 2 aromatic heterocycles. The van der Waals surface area contributed by atoms with Crippen molar-refractivity contribution in [3.8, 4) is 0 Å². The summed E-state index contributed by atoms with van der Waals surface area (Å²) < 4.78 is 1.81. The third-order valence-electron chi connectivity index (χ3n) is 5.05. The summed E-state index contributed by atoms with van der Waals surface area (Å²) in [6, 6.07) is 12.0. The molecule has 0 aliphatic carbocycles. The maximum Gasteiger partial charge on any atom is 0.289 e. The minimum atomic E-state index is -0.584. The van der Waals surface area contributed by atoms with Crippen LogP contribution in [-0.2, 0) is 11.2 Å². The van der Waals surface area contributed by atoms with E-state index in [0.29, 0.717) is 12.1 Å². The van der Waals surface area contributed by atoms with E-state index < -0.39 is 4.92 Å². The van der Waals surface area contributed by atoms with Crippen molar-refractivity contribution >= 4 is 45.4 Å². The van der Waals surface area contributed by atoms with E-state index >= 15 is 0 Å². The Balaban J connectivity index is 1.55. The topological polar surface area (TPSA) is 102 Å². The minimum absolute atomic E-state index is 0.0234. The van der Waals surface area contributed by atoms with Gasteiger partial charge in [-0.25, -0.2) is 9.50 Å². The lowest BCUT2D eigenvalue weighted by molar-refractivity contribution is -0.384. The van der Waals surface area contributed by atoms with Crippen molar-refractivity contribution in [3.63, 3.8) is 0 Å². The van der Waals surface area contributed by atoms with Crippen LogP contribution in [0.15, 0.2) is 42.5 Å². The number of rotatable bonds is 5. The second-order valence-corrected chi connectivity index (χ2v) is 7.39. The second kappa shape index (κ2) is 7.72. The van der Waals surface area contributed by atoms with Crippen LogP contribution in [0.4, 0.5) is 11.4 Å². The van der Waals surface area contributed by atoms with Crippen molar-refractivity contribution in [1.82, 2.24) is 14.6 Å². The SMILES string of the molecule is Cc1nc2c3ccccc3nn2c(C)c1CCC(=O)Nc1ccc(Cl)c([N+](=O)[O-])c1. The van der Waals surface area contributed by atoms with Gasteiger partial charge < -0.3 is 5.32 Å². The standard InChI is InChI=1S/C21H18ClN5O3/c1-12-15(13(2)26-21(23-12)16-5-3-4-6-18(16)25-26)8-10-20(28)24-14-7-9-17(22)19(11-14)27(29)30/h3-7,9,11H,8,10H2,1-2H3,(H,24,28). The summed E-state index contributed by atoms with van der Waals surface area (Å²) in [5, 5.41) is 19.3. The molecule has 0 aliphatic rings. The predicted octanol–water partition coefficient (Wildman–Crippen LogP) is 4.63. The molecule has 2 aromatic carbocycles. The third kappa shape index (κ3) is 3.57. The van der Waals surface area contributed by atoms with Crippen LogP contribution in [0.25, 0.3) is 16.6 Å². The number of hydrogen-bond donors (Lipinski definition) is 1. The lowest BCUT2D eigenvalue weighted by Crippen LogP contribution is -2.14. The average Bonchev–Trinajstić information content (AvgIpc) is 3.08. The molecule has 4 rings (SSSR count). The zero-order valence-corrected chi connectivity index (χ0v) is 17.1. The summed E-state index contributed by atoms with van der Waals surface area (Å²) in [5.74, 6) is -0.254. The lowest BCUT2D eigenvalue weighted by Gasteiger charge is -2.11. The van der Waals surface area contributed by atoms with Crippen LogP contribution in [0.1, 0.15) is 23.4 Å². The van der Waals surface area contributed by atoms with Gasteiger partial charge in [0.15, 0.2) is 5.65 Å². The van der Waals surface area contributed by atoms with E-state index in [4.69, 9.17) is 16.6 Å². The van der Waals surface area contributed by atoms with Crippen molar-refractivity contribution in [3.05, 3.63) is 74.6 Å². The number of nitrogens with one attached hydrogen (secondary N) is 1. The molecule has 0 spiro atoms. The molecule has 2 heterocycles. The fourth-order valence-electron chi connectivity index (χ4n) is 3.53. The fourth-order valence-corrected chi connectivity index (χ4v) is 3.72. The van der Waals surface area contributed by atoms with Gasteiger partial charge in [0.05, 0.1) is 10.4 Å². The van der Waals surface area contributed by atoms with Gasteiger partial charge in [0, 0.05) is 34.9 Å². The first-order valence-corrected chi connectivity index (χ1v) is 9.70. The lowest BCUT2D eigenvalue weighted by atomic mass is 10.1. The molecular weight excluding hydrogens is 406 g/mol. The van der Waals surface area contributed by atoms with Crippen molar-refractivity contribution in [1.29, 1.82) is 0 Å². The summed E-state index contributed by atoms with van der Waals surface area (Å²) in [6.45, 7) is 3.88. The molecule has 0 aliphatic heterocycles. The summed E-state index contributed by atoms with van der Waals surface area (Å²) in [7, 11) is 0. The molecular formula is C21H18ClN5O3. The van der Waals surface area contributed by atoms with Crippen LogP contribution < -0.4 is 5.32 Å². The highest BCUT2D eigenvalue weighted by atomic mass is 35.5. The van der Waals surface area contributed by atoms with Crippen LogP contribution in [0.5, 0.6) is 0 Å². The minimum Gasteiger partial charge on any atom is -0.326 e. The van der Waals surface area contributed by atoms with Gasteiger partial charge in [0.25, 0.3) is 5.69 Å². The van der Waals surface area contributed by atoms with E-state index in [9.17, 15) is 14.9 Å². The molecule has 9 heteroatoms. The van der Waals surface area contributed by atoms with Gasteiger partial charge in [-0.1, -0.05) is 23.7 Å². The number of nitrogens with zero attached hydrogens (tertiary/aromatic N) is 4. The molecule has 0 unspecified atom stereocenters. The zero-order valence-electron chi connectivity index (χ0n) is 16.3. The first-order chi connectivity index (χ1) is 14.3. The van der Waals surface area contributed by atoms with Crippen molar-refractivity contribution in [2.45, 2.75) is 26.7 Å². The van der Waals surface area contributed by atoms with E-state index in [1.54, 1.807) is 0 Å². The number of hydrogen-bond acceptors (Lipinski definition) is 5. The number of aromatic nitrogens is 3. The highest BCUT2D eigenvalue weighted by molar-refractivity contribution is 6.32. The van der Waals surface area contributed by atoms with Crippen LogP contribution in [0.3, 0.4) is 0 Å². The quantitative estimate of drug-likeness (QED) is 0.372. The molecule has 1 amide bonds. The Morgan fingerprint density at radius 2 is 2.00 bits per heavy atom. The number of nitro groups is 1.